The Hall–Kier alpha value is -2.29. The molecule has 1 saturated carbocycles. The van der Waals surface area contributed by atoms with Crippen LogP contribution in [0.15, 0.2) is 47.4 Å². The van der Waals surface area contributed by atoms with E-state index < -0.39 is 15.8 Å². The maximum Gasteiger partial charge on any atom is 0.253 e. The average molecular weight is 458 g/mol. The van der Waals surface area contributed by atoms with Crippen LogP contribution in [0.25, 0.3) is 0 Å². The number of hydrogen-bond acceptors (Lipinski definition) is 4. The van der Waals surface area contributed by atoms with Gasteiger partial charge in [-0.25, -0.2) is 12.8 Å². The molecule has 6 nitrogen and oxygen atoms in total. The lowest BCUT2D eigenvalue weighted by atomic mass is 9.91. The summed E-state index contributed by atoms with van der Waals surface area (Å²) in [4.78, 5) is 17.6. The van der Waals surface area contributed by atoms with Crippen LogP contribution >= 0.6 is 0 Å². The highest BCUT2D eigenvalue weighted by molar-refractivity contribution is 7.89. The Balaban J connectivity index is 1.26. The molecule has 2 aromatic carbocycles. The first-order chi connectivity index (χ1) is 15.4. The Labute approximate surface area is 188 Å². The molecule has 0 aromatic heterocycles. The summed E-state index contributed by atoms with van der Waals surface area (Å²) in [5.41, 5.74) is 2.61. The third-order valence-electron chi connectivity index (χ3n) is 7.07. The van der Waals surface area contributed by atoms with Crippen molar-refractivity contribution in [2.45, 2.75) is 43.2 Å². The van der Waals surface area contributed by atoms with Crippen molar-refractivity contribution in [1.82, 2.24) is 14.1 Å². The second-order valence-electron chi connectivity index (χ2n) is 8.94. The molecule has 0 N–H and O–H groups in total. The number of piperazine rings is 1. The molecular weight excluding hydrogens is 429 g/mol. The molecule has 2 aromatic rings. The fourth-order valence-corrected chi connectivity index (χ4v) is 6.26. The van der Waals surface area contributed by atoms with E-state index >= 15 is 0 Å². The van der Waals surface area contributed by atoms with E-state index in [1.54, 1.807) is 0 Å². The minimum Gasteiger partial charge on any atom is -0.336 e. The van der Waals surface area contributed by atoms with E-state index in [1.807, 2.05) is 23.1 Å². The largest absolute Gasteiger partial charge is 0.336 e. The minimum absolute atomic E-state index is 0.0578. The summed E-state index contributed by atoms with van der Waals surface area (Å²) >= 11 is 0. The number of rotatable bonds is 4. The number of hydrogen-bond donors (Lipinski definition) is 0. The molecular formula is C24H28FN3O3S. The summed E-state index contributed by atoms with van der Waals surface area (Å²) in [6.45, 7) is 4.00. The Morgan fingerprint density at radius 3 is 2.28 bits per heavy atom. The van der Waals surface area contributed by atoms with Gasteiger partial charge in [0.25, 0.3) is 5.91 Å². The zero-order valence-electron chi connectivity index (χ0n) is 18.0. The predicted octanol–water partition coefficient (Wildman–Crippen LogP) is 2.88. The van der Waals surface area contributed by atoms with Crippen LogP contribution in [0.5, 0.6) is 0 Å². The van der Waals surface area contributed by atoms with Crippen molar-refractivity contribution in [1.29, 1.82) is 0 Å². The van der Waals surface area contributed by atoms with Gasteiger partial charge in [0.15, 0.2) is 0 Å². The fraction of sp³-hybridized carbons (Fsp3) is 0.458. The molecule has 2 heterocycles. The normalized spacial score (nSPS) is 20.6. The lowest BCUT2D eigenvalue weighted by Gasteiger charge is -2.43. The third kappa shape index (κ3) is 4.07. The van der Waals surface area contributed by atoms with Gasteiger partial charge in [0, 0.05) is 50.9 Å². The van der Waals surface area contributed by atoms with Crippen LogP contribution in [-0.2, 0) is 23.0 Å². The van der Waals surface area contributed by atoms with E-state index in [2.05, 4.69) is 4.90 Å². The number of carbonyl (C=O) groups excluding carboxylic acids is 1. The maximum absolute atomic E-state index is 13.2. The fourth-order valence-electron chi connectivity index (χ4n) is 4.85. The molecule has 0 bridgehead atoms. The lowest BCUT2D eigenvalue weighted by Crippen LogP contribution is -2.53. The van der Waals surface area contributed by atoms with Crippen LogP contribution in [0.1, 0.15) is 40.7 Å². The molecule has 1 aliphatic carbocycles. The molecule has 0 radical (unpaired) electrons. The molecule has 8 heteroatoms. The molecule has 0 atom stereocenters. The van der Waals surface area contributed by atoms with Gasteiger partial charge in [-0.15, -0.1) is 0 Å². The van der Waals surface area contributed by atoms with Gasteiger partial charge >= 0.3 is 0 Å². The van der Waals surface area contributed by atoms with Gasteiger partial charge < -0.3 is 4.90 Å². The van der Waals surface area contributed by atoms with Crippen LogP contribution in [0, 0.1) is 5.82 Å². The van der Waals surface area contributed by atoms with Crippen LogP contribution in [-0.4, -0.2) is 67.2 Å². The van der Waals surface area contributed by atoms with Crippen molar-refractivity contribution in [2.75, 3.05) is 32.7 Å². The molecule has 5 rings (SSSR count). The molecule has 1 saturated heterocycles. The highest BCUT2D eigenvalue weighted by Gasteiger charge is 2.31. The number of carbonyl (C=O) groups is 1. The van der Waals surface area contributed by atoms with Gasteiger partial charge in [-0.3, -0.25) is 9.69 Å². The summed E-state index contributed by atoms with van der Waals surface area (Å²) in [7, 11) is -3.69. The van der Waals surface area contributed by atoms with Crippen molar-refractivity contribution in [3.05, 3.63) is 65.0 Å². The van der Waals surface area contributed by atoms with E-state index in [-0.39, 0.29) is 17.3 Å². The third-order valence-corrected chi connectivity index (χ3v) is 8.93. The topological polar surface area (TPSA) is 60.9 Å². The first kappa shape index (κ1) is 21.6. The summed E-state index contributed by atoms with van der Waals surface area (Å²) in [5, 5.41) is 0. The van der Waals surface area contributed by atoms with Crippen molar-refractivity contribution >= 4 is 15.9 Å². The Bertz CT molecular complexity index is 1110. The zero-order chi connectivity index (χ0) is 22.3. The number of amides is 1. The smallest absolute Gasteiger partial charge is 0.253 e. The highest BCUT2D eigenvalue weighted by atomic mass is 32.2. The molecule has 3 aliphatic rings. The zero-order valence-corrected chi connectivity index (χ0v) is 18.9. The van der Waals surface area contributed by atoms with E-state index in [4.69, 9.17) is 0 Å². The van der Waals surface area contributed by atoms with Gasteiger partial charge in [0.1, 0.15) is 5.82 Å². The highest BCUT2D eigenvalue weighted by Crippen LogP contribution is 2.28. The molecule has 32 heavy (non-hydrogen) atoms. The second kappa shape index (κ2) is 8.57. The molecule has 170 valence electrons. The molecule has 0 spiro atoms. The van der Waals surface area contributed by atoms with Crippen molar-refractivity contribution in [3.63, 3.8) is 0 Å². The molecule has 2 fully saturated rings. The molecule has 1 amide bonds. The number of nitrogens with zero attached hydrogens (tertiary/aromatic N) is 3. The monoisotopic (exact) mass is 457 g/mol. The number of benzene rings is 2. The van der Waals surface area contributed by atoms with Gasteiger partial charge in [0.05, 0.1) is 4.90 Å². The number of fused-ring (bicyclic) bond motifs is 1. The summed E-state index contributed by atoms with van der Waals surface area (Å²) < 4.78 is 40.5. The standard InChI is InChI=1S/C24H28FN3O3S/c25-21-6-8-23(9-7-21)32(30,31)28-11-10-18-16-19(4-5-20(18)17-28)24(29)27-14-12-26(13-15-27)22-2-1-3-22/h4-9,16,22H,1-3,10-15,17H2. The lowest BCUT2D eigenvalue weighted by molar-refractivity contribution is 0.0455. The van der Waals surface area contributed by atoms with Gasteiger partial charge in [-0.1, -0.05) is 12.5 Å². The first-order valence-corrected chi connectivity index (χ1v) is 12.8. The Kier molecular flexibility index (Phi) is 5.77. The second-order valence-corrected chi connectivity index (χ2v) is 10.9. The average Bonchev–Trinajstić information content (AvgIpc) is 2.77. The van der Waals surface area contributed by atoms with Gasteiger partial charge in [-0.2, -0.15) is 4.31 Å². The van der Waals surface area contributed by atoms with Crippen LogP contribution in [0.3, 0.4) is 0 Å². The molecule has 0 unspecified atom stereocenters. The van der Waals surface area contributed by atoms with Crippen LogP contribution in [0.4, 0.5) is 4.39 Å². The van der Waals surface area contributed by atoms with Crippen molar-refractivity contribution < 1.29 is 17.6 Å². The Morgan fingerprint density at radius 1 is 0.906 bits per heavy atom. The predicted molar refractivity (Wildman–Crippen MR) is 119 cm³/mol. The summed E-state index contributed by atoms with van der Waals surface area (Å²) in [6.07, 6.45) is 4.44. The first-order valence-electron chi connectivity index (χ1n) is 11.3. The van der Waals surface area contributed by atoms with Gasteiger partial charge in [0.2, 0.25) is 10.0 Å². The van der Waals surface area contributed by atoms with Gasteiger partial charge in [-0.05, 0) is 66.8 Å². The van der Waals surface area contributed by atoms with E-state index in [1.165, 1.54) is 35.7 Å². The van der Waals surface area contributed by atoms with E-state index in [0.717, 1.165) is 49.4 Å². The molecule has 2 aliphatic heterocycles. The SMILES string of the molecule is O=C(c1ccc2c(c1)CCN(S(=O)(=O)c1ccc(F)cc1)C2)N1CCN(C2CCC2)CC1. The number of halogens is 1. The summed E-state index contributed by atoms with van der Waals surface area (Å²) in [6, 6.07) is 11.2. The van der Waals surface area contributed by atoms with E-state index in [0.29, 0.717) is 24.6 Å². The van der Waals surface area contributed by atoms with Crippen LogP contribution in [0.2, 0.25) is 0 Å². The minimum atomic E-state index is -3.69. The summed E-state index contributed by atoms with van der Waals surface area (Å²) in [5.74, 6) is -0.406. The Morgan fingerprint density at radius 2 is 1.62 bits per heavy atom. The van der Waals surface area contributed by atoms with Crippen molar-refractivity contribution in [2.24, 2.45) is 0 Å². The quantitative estimate of drug-likeness (QED) is 0.709. The van der Waals surface area contributed by atoms with E-state index in [9.17, 15) is 17.6 Å². The number of sulfonamides is 1. The van der Waals surface area contributed by atoms with Crippen LogP contribution < -0.4 is 0 Å². The maximum atomic E-state index is 13.2. The van der Waals surface area contributed by atoms with Crippen molar-refractivity contribution in [3.8, 4) is 0 Å².